The molecule has 30 heavy (non-hydrogen) atoms. The van der Waals surface area contributed by atoms with Gasteiger partial charge in [-0.2, -0.15) is 0 Å². The lowest BCUT2D eigenvalue weighted by Gasteiger charge is -2.09. The summed E-state index contributed by atoms with van der Waals surface area (Å²) in [5.74, 6) is 0.943. The number of hydrogen-bond acceptors (Lipinski definition) is 2. The molecule has 1 N–H and O–H groups in total. The predicted molar refractivity (Wildman–Crippen MR) is 154 cm³/mol. The number of aliphatic hydroxyl groups is 1. The Morgan fingerprint density at radius 1 is 0.733 bits per heavy atom. The van der Waals surface area contributed by atoms with E-state index < -0.39 is 0 Å². The van der Waals surface area contributed by atoms with Crippen molar-refractivity contribution in [3.05, 3.63) is 65.7 Å². The van der Waals surface area contributed by atoms with Crippen LogP contribution >= 0.6 is 0 Å². The van der Waals surface area contributed by atoms with Crippen molar-refractivity contribution < 1.29 is 9.84 Å². The zero-order valence-electron chi connectivity index (χ0n) is 19.0. The molecule has 1 atom stereocenters. The lowest BCUT2D eigenvalue weighted by atomic mass is 8.88. The standard InChI is InChI=1S/C18H32B10O2/c1-30-18-11-8-16(9-12-18)13-19-21-23-25-27-28-26-24-22-20-14-17(29)10-7-15-5-3-2-4-6-15/h2-6,8-9,11-12,17,19-29H,7,10,13-14H2,1H3. The molecule has 0 heterocycles. The van der Waals surface area contributed by atoms with E-state index in [4.69, 9.17) is 4.74 Å². The van der Waals surface area contributed by atoms with Crippen LogP contribution in [0.1, 0.15) is 17.5 Å². The van der Waals surface area contributed by atoms with Gasteiger partial charge in [-0.3, -0.25) is 0 Å². The van der Waals surface area contributed by atoms with Crippen LogP contribution in [-0.2, 0) is 12.7 Å². The van der Waals surface area contributed by atoms with Gasteiger partial charge < -0.3 is 9.84 Å². The zero-order valence-corrected chi connectivity index (χ0v) is 19.0. The van der Waals surface area contributed by atoms with E-state index in [1.807, 2.05) is 6.07 Å². The Morgan fingerprint density at radius 3 is 1.97 bits per heavy atom. The normalized spacial score (nSPS) is 10.7. The summed E-state index contributed by atoms with van der Waals surface area (Å²) >= 11 is 0. The minimum atomic E-state index is -0.136. The van der Waals surface area contributed by atoms with Crippen molar-refractivity contribution >= 4 is 70.8 Å². The fourth-order valence-corrected chi connectivity index (χ4v) is 4.04. The molecule has 0 aliphatic rings. The van der Waals surface area contributed by atoms with Gasteiger partial charge in [-0.15, -0.1) is 0 Å². The van der Waals surface area contributed by atoms with Crippen LogP contribution in [0.15, 0.2) is 54.6 Å². The Morgan fingerprint density at radius 2 is 1.33 bits per heavy atom. The number of ether oxygens (including phenoxy) is 1. The summed E-state index contributed by atoms with van der Waals surface area (Å²) in [6, 6.07) is 19.0. The van der Waals surface area contributed by atoms with E-state index >= 15 is 0 Å². The minimum absolute atomic E-state index is 0.136. The van der Waals surface area contributed by atoms with Gasteiger partial charge in [0.1, 0.15) is 5.75 Å². The molecule has 0 aromatic heterocycles. The number of rotatable bonds is 17. The summed E-state index contributed by atoms with van der Waals surface area (Å²) in [5.41, 5.74) is 2.75. The van der Waals surface area contributed by atoms with Gasteiger partial charge in [0.15, 0.2) is 0 Å². The molecule has 2 nitrogen and oxygen atoms in total. The third kappa shape index (κ3) is 11.9. The highest BCUT2D eigenvalue weighted by atomic mass is 16.5. The topological polar surface area (TPSA) is 29.5 Å². The summed E-state index contributed by atoms with van der Waals surface area (Å²) in [7, 11) is 14.9. The number of aryl methyl sites for hydroxylation is 1. The summed E-state index contributed by atoms with van der Waals surface area (Å²) in [4.78, 5) is 0. The lowest BCUT2D eigenvalue weighted by Crippen LogP contribution is -2.33. The number of methoxy groups -OCH3 is 1. The van der Waals surface area contributed by atoms with Crippen LogP contribution in [0.4, 0.5) is 0 Å². The van der Waals surface area contributed by atoms with Crippen molar-refractivity contribution in [3.8, 4) is 5.75 Å². The first-order chi connectivity index (χ1) is 14.8. The SMILES string of the molecule is COc1ccc(CBBBBBBBBBBCC(O)CCc2ccccc2)cc1. The Hall–Kier alpha value is -1.15. The van der Waals surface area contributed by atoms with E-state index in [1.54, 1.807) is 7.11 Å². The average molecular weight is 389 g/mol. The second-order valence-electron chi connectivity index (χ2n) is 8.60. The molecule has 2 aromatic carbocycles. The zero-order chi connectivity index (χ0) is 21.3. The number of hydrogen-bond donors (Lipinski definition) is 1. The van der Waals surface area contributed by atoms with E-state index in [1.165, 1.54) is 88.3 Å². The maximum absolute atomic E-state index is 10.1. The molecule has 2 aromatic rings. The maximum Gasteiger partial charge on any atom is 0.118 e. The largest absolute Gasteiger partial charge is 0.497 e. The van der Waals surface area contributed by atoms with Gasteiger partial charge in [0.2, 0.25) is 0 Å². The predicted octanol–water partition coefficient (Wildman–Crippen LogP) is -2.79. The molecule has 0 bridgehead atoms. The average Bonchev–Trinajstić information content (AvgIpc) is 2.79. The number of benzene rings is 2. The Kier molecular flexibility index (Phi) is 13.8. The van der Waals surface area contributed by atoms with Crippen molar-refractivity contribution in [2.75, 3.05) is 7.11 Å². The van der Waals surface area contributed by atoms with Gasteiger partial charge in [-0.1, -0.05) is 60.7 Å². The van der Waals surface area contributed by atoms with Gasteiger partial charge >= 0.3 is 0 Å². The van der Waals surface area contributed by atoms with E-state index in [0.717, 1.165) is 24.9 Å². The summed E-state index contributed by atoms with van der Waals surface area (Å²) in [6.07, 6.45) is 3.88. The highest BCUT2D eigenvalue weighted by Crippen LogP contribution is 2.11. The molecule has 1 unspecified atom stereocenters. The highest BCUT2D eigenvalue weighted by molar-refractivity contribution is 7.69. The second-order valence-corrected chi connectivity index (χ2v) is 8.60. The molecule has 0 radical (unpaired) electrons. The van der Waals surface area contributed by atoms with Crippen LogP contribution in [0.5, 0.6) is 5.75 Å². The molecule has 0 saturated heterocycles. The first-order valence-corrected chi connectivity index (χ1v) is 12.1. The first-order valence-electron chi connectivity index (χ1n) is 12.1. The molecular weight excluding hydrogens is 356 g/mol. The molecule has 146 valence electrons. The van der Waals surface area contributed by atoms with E-state index in [2.05, 4.69) is 48.5 Å². The maximum atomic E-state index is 10.1. The van der Waals surface area contributed by atoms with Crippen molar-refractivity contribution in [2.24, 2.45) is 0 Å². The Balaban J connectivity index is 1.33. The van der Waals surface area contributed by atoms with Gasteiger partial charge in [0.25, 0.3) is 0 Å². The molecule has 12 heteroatoms. The minimum Gasteiger partial charge on any atom is -0.497 e. The lowest BCUT2D eigenvalue weighted by molar-refractivity contribution is 0.185. The molecule has 0 fully saturated rings. The second kappa shape index (κ2) is 16.5. The Bertz CT molecular complexity index is 662. The van der Waals surface area contributed by atoms with Crippen molar-refractivity contribution in [2.45, 2.75) is 31.6 Å². The van der Waals surface area contributed by atoms with Crippen LogP contribution in [0.3, 0.4) is 0 Å². The van der Waals surface area contributed by atoms with Gasteiger partial charge in [-0.05, 0) is 30.5 Å². The molecule has 0 saturated carbocycles. The third-order valence-corrected chi connectivity index (χ3v) is 6.02. The molecule has 2 rings (SSSR count). The van der Waals surface area contributed by atoms with Crippen LogP contribution in [-0.4, -0.2) is 89.1 Å². The molecule has 0 spiro atoms. The van der Waals surface area contributed by atoms with Crippen molar-refractivity contribution in [1.82, 2.24) is 0 Å². The number of aliphatic hydroxyl groups excluding tert-OH is 1. The highest BCUT2D eigenvalue weighted by Gasteiger charge is 2.07. The van der Waals surface area contributed by atoms with Crippen LogP contribution in [0, 0.1) is 0 Å². The molecule has 0 aliphatic carbocycles. The van der Waals surface area contributed by atoms with Gasteiger partial charge in [-0.25, -0.2) is 0 Å². The fourth-order valence-electron chi connectivity index (χ4n) is 4.04. The fraction of sp³-hybridized carbons (Fsp3) is 0.333. The van der Waals surface area contributed by atoms with Crippen LogP contribution in [0.25, 0.3) is 0 Å². The summed E-state index contributed by atoms with van der Waals surface area (Å²) in [5, 5.41) is 10.1. The van der Waals surface area contributed by atoms with E-state index in [-0.39, 0.29) is 6.10 Å². The van der Waals surface area contributed by atoms with E-state index in [0.29, 0.717) is 0 Å². The van der Waals surface area contributed by atoms with Crippen molar-refractivity contribution in [3.63, 3.8) is 0 Å². The van der Waals surface area contributed by atoms with Crippen LogP contribution < -0.4 is 4.74 Å². The van der Waals surface area contributed by atoms with E-state index in [9.17, 15) is 5.11 Å². The van der Waals surface area contributed by atoms with Gasteiger partial charge in [0.05, 0.1) is 21.5 Å². The first kappa shape index (κ1) is 25.1. The van der Waals surface area contributed by atoms with Crippen molar-refractivity contribution in [1.29, 1.82) is 0 Å². The molecule has 0 amide bonds. The van der Waals surface area contributed by atoms with Crippen LogP contribution in [0.2, 0.25) is 6.32 Å². The molecule has 0 aliphatic heterocycles. The van der Waals surface area contributed by atoms with Gasteiger partial charge in [0, 0.05) is 62.6 Å². The quantitative estimate of drug-likeness (QED) is 0.235. The summed E-state index contributed by atoms with van der Waals surface area (Å²) < 4.78 is 5.20. The smallest absolute Gasteiger partial charge is 0.118 e. The third-order valence-electron chi connectivity index (χ3n) is 6.02. The molecular formula is C18H32B10O2. The summed E-state index contributed by atoms with van der Waals surface area (Å²) in [6.45, 7) is 0. The monoisotopic (exact) mass is 390 g/mol. The Labute approximate surface area is 190 Å².